The van der Waals surface area contributed by atoms with E-state index in [-0.39, 0.29) is 16.8 Å². The van der Waals surface area contributed by atoms with Crippen molar-refractivity contribution in [2.75, 3.05) is 24.5 Å². The van der Waals surface area contributed by atoms with Gasteiger partial charge >= 0.3 is 0 Å². The van der Waals surface area contributed by atoms with Crippen molar-refractivity contribution in [3.63, 3.8) is 0 Å². The average molecular weight is 285 g/mol. The molecule has 1 aliphatic heterocycles. The predicted molar refractivity (Wildman–Crippen MR) is 72.3 cm³/mol. The van der Waals surface area contributed by atoms with Gasteiger partial charge in [-0.15, -0.1) is 0 Å². The van der Waals surface area contributed by atoms with Crippen LogP contribution in [0.4, 0.5) is 20.2 Å². The van der Waals surface area contributed by atoms with Gasteiger partial charge in [0, 0.05) is 48.6 Å². The van der Waals surface area contributed by atoms with Crippen molar-refractivity contribution in [3.05, 3.63) is 33.9 Å². The van der Waals surface area contributed by atoms with Gasteiger partial charge in [-0.25, -0.2) is 8.78 Å². The fourth-order valence-electron chi connectivity index (χ4n) is 2.51. The average Bonchev–Trinajstić information content (AvgIpc) is 2.37. The molecule has 1 aromatic rings. The number of anilines is 1. The highest BCUT2D eigenvalue weighted by Crippen LogP contribution is 2.36. The Morgan fingerprint density at radius 1 is 1.45 bits per heavy atom. The minimum absolute atomic E-state index is 0.283. The predicted octanol–water partition coefficient (Wildman–Crippen LogP) is 2.72. The fraction of sp³-hybridized carbons (Fsp3) is 0.538. The first-order valence-corrected chi connectivity index (χ1v) is 6.38. The molecule has 1 fully saturated rings. The van der Waals surface area contributed by atoms with Gasteiger partial charge in [0.1, 0.15) is 0 Å². The van der Waals surface area contributed by atoms with E-state index in [0.29, 0.717) is 25.3 Å². The number of nitro benzene ring substituents is 1. The van der Waals surface area contributed by atoms with Crippen LogP contribution in [-0.2, 0) is 0 Å². The zero-order chi connectivity index (χ0) is 14.9. The van der Waals surface area contributed by atoms with Crippen molar-refractivity contribution >= 4 is 11.4 Å². The summed E-state index contributed by atoms with van der Waals surface area (Å²) in [5.41, 5.74) is -0.541. The number of piperazine rings is 1. The van der Waals surface area contributed by atoms with Crippen LogP contribution < -0.4 is 10.2 Å². The van der Waals surface area contributed by atoms with E-state index in [1.807, 2.05) is 18.7 Å². The highest BCUT2D eigenvalue weighted by atomic mass is 19.3. The monoisotopic (exact) mass is 285 g/mol. The van der Waals surface area contributed by atoms with Crippen molar-refractivity contribution in [3.8, 4) is 0 Å². The van der Waals surface area contributed by atoms with Crippen LogP contribution in [0.15, 0.2) is 18.2 Å². The third-order valence-electron chi connectivity index (χ3n) is 3.55. The molecule has 1 N–H and O–H groups in total. The lowest BCUT2D eigenvalue weighted by Crippen LogP contribution is -2.58. The van der Waals surface area contributed by atoms with E-state index in [0.717, 1.165) is 6.07 Å². The molecule has 0 atom stereocenters. The normalized spacial score (nSPS) is 18.4. The SMILES string of the molecule is CC1(C)CNCCN1c1ccc([N+](=O)[O-])cc1C(F)F. The van der Waals surface area contributed by atoms with E-state index >= 15 is 0 Å². The topological polar surface area (TPSA) is 58.4 Å². The molecule has 1 aromatic carbocycles. The molecule has 1 saturated heterocycles. The van der Waals surface area contributed by atoms with Gasteiger partial charge in [-0.3, -0.25) is 10.1 Å². The van der Waals surface area contributed by atoms with Gasteiger partial charge in [0.15, 0.2) is 0 Å². The first kappa shape index (κ1) is 14.6. The molecular weight excluding hydrogens is 268 g/mol. The van der Waals surface area contributed by atoms with Crippen LogP contribution in [0.2, 0.25) is 0 Å². The molecule has 7 heteroatoms. The molecule has 0 bridgehead atoms. The standard InChI is InChI=1S/C13H17F2N3O2/c1-13(2)8-16-5-6-17(13)11-4-3-9(18(19)20)7-10(11)12(14)15/h3-4,7,12,16H,5-6,8H2,1-2H3. The van der Waals surface area contributed by atoms with Crippen molar-refractivity contribution < 1.29 is 13.7 Å². The summed E-state index contributed by atoms with van der Waals surface area (Å²) in [5.74, 6) is 0. The molecule has 0 radical (unpaired) electrons. The molecule has 0 aromatic heterocycles. The lowest BCUT2D eigenvalue weighted by molar-refractivity contribution is -0.385. The van der Waals surface area contributed by atoms with E-state index in [2.05, 4.69) is 5.32 Å². The summed E-state index contributed by atoms with van der Waals surface area (Å²) < 4.78 is 26.4. The van der Waals surface area contributed by atoms with E-state index in [1.165, 1.54) is 12.1 Å². The maximum absolute atomic E-state index is 13.2. The summed E-state index contributed by atoms with van der Waals surface area (Å²) in [6.45, 7) is 5.87. The smallest absolute Gasteiger partial charge is 0.270 e. The van der Waals surface area contributed by atoms with Crippen LogP contribution in [0.1, 0.15) is 25.8 Å². The van der Waals surface area contributed by atoms with Crippen molar-refractivity contribution in [1.82, 2.24) is 5.32 Å². The van der Waals surface area contributed by atoms with Crippen LogP contribution in [-0.4, -0.2) is 30.1 Å². The maximum atomic E-state index is 13.2. The number of nitrogens with one attached hydrogen (secondary N) is 1. The van der Waals surface area contributed by atoms with E-state index in [9.17, 15) is 18.9 Å². The minimum Gasteiger partial charge on any atom is -0.363 e. The lowest BCUT2D eigenvalue weighted by Gasteiger charge is -2.45. The summed E-state index contributed by atoms with van der Waals surface area (Å²) >= 11 is 0. The third-order valence-corrected chi connectivity index (χ3v) is 3.55. The molecule has 5 nitrogen and oxygen atoms in total. The number of non-ortho nitro benzene ring substituents is 1. The molecule has 0 saturated carbocycles. The Balaban J connectivity index is 2.47. The second-order valence-electron chi connectivity index (χ2n) is 5.44. The molecule has 0 amide bonds. The quantitative estimate of drug-likeness (QED) is 0.685. The Morgan fingerprint density at radius 3 is 2.70 bits per heavy atom. The van der Waals surface area contributed by atoms with E-state index < -0.39 is 11.3 Å². The number of rotatable bonds is 3. The Morgan fingerprint density at radius 2 is 2.15 bits per heavy atom. The van der Waals surface area contributed by atoms with Crippen molar-refractivity contribution in [2.24, 2.45) is 0 Å². The van der Waals surface area contributed by atoms with Crippen LogP contribution in [0.3, 0.4) is 0 Å². The summed E-state index contributed by atoms with van der Waals surface area (Å²) in [4.78, 5) is 12.0. The van der Waals surface area contributed by atoms with Crippen LogP contribution in [0, 0.1) is 10.1 Å². The molecule has 0 spiro atoms. The fourth-order valence-corrected chi connectivity index (χ4v) is 2.51. The Labute approximate surface area is 115 Å². The molecule has 110 valence electrons. The Hall–Kier alpha value is -1.76. The van der Waals surface area contributed by atoms with Gasteiger partial charge < -0.3 is 10.2 Å². The van der Waals surface area contributed by atoms with Crippen LogP contribution in [0.5, 0.6) is 0 Å². The largest absolute Gasteiger partial charge is 0.363 e. The first-order valence-electron chi connectivity index (χ1n) is 6.38. The van der Waals surface area contributed by atoms with Crippen molar-refractivity contribution in [2.45, 2.75) is 25.8 Å². The van der Waals surface area contributed by atoms with E-state index in [4.69, 9.17) is 0 Å². The maximum Gasteiger partial charge on any atom is 0.270 e. The Bertz CT molecular complexity index is 520. The van der Waals surface area contributed by atoms with Gasteiger partial charge in [0.25, 0.3) is 12.1 Å². The number of alkyl halides is 2. The van der Waals surface area contributed by atoms with Crippen molar-refractivity contribution in [1.29, 1.82) is 0 Å². The highest BCUT2D eigenvalue weighted by Gasteiger charge is 2.33. The first-order chi connectivity index (χ1) is 9.33. The number of nitrogens with zero attached hydrogens (tertiary/aromatic N) is 2. The Kier molecular flexibility index (Phi) is 3.89. The molecule has 1 aliphatic rings. The summed E-state index contributed by atoms with van der Waals surface area (Å²) in [5, 5.41) is 13.9. The summed E-state index contributed by atoms with van der Waals surface area (Å²) in [6, 6.07) is 3.67. The van der Waals surface area contributed by atoms with Gasteiger partial charge in [-0.1, -0.05) is 0 Å². The highest BCUT2D eigenvalue weighted by molar-refractivity contribution is 5.60. The molecular formula is C13H17F2N3O2. The van der Waals surface area contributed by atoms with Gasteiger partial charge in [-0.2, -0.15) is 0 Å². The zero-order valence-corrected chi connectivity index (χ0v) is 11.4. The number of nitro groups is 1. The van der Waals surface area contributed by atoms with E-state index in [1.54, 1.807) is 0 Å². The number of halogens is 2. The van der Waals surface area contributed by atoms with Crippen LogP contribution >= 0.6 is 0 Å². The molecule has 0 aliphatic carbocycles. The molecule has 0 unspecified atom stereocenters. The van der Waals surface area contributed by atoms with Gasteiger partial charge in [0.05, 0.1) is 4.92 Å². The zero-order valence-electron chi connectivity index (χ0n) is 11.4. The number of hydrogen-bond acceptors (Lipinski definition) is 4. The van der Waals surface area contributed by atoms with Gasteiger partial charge in [0.2, 0.25) is 0 Å². The second kappa shape index (κ2) is 5.32. The molecule has 20 heavy (non-hydrogen) atoms. The lowest BCUT2D eigenvalue weighted by atomic mass is 9.97. The van der Waals surface area contributed by atoms with Gasteiger partial charge in [-0.05, 0) is 19.9 Å². The summed E-state index contributed by atoms with van der Waals surface area (Å²) in [6.07, 6.45) is -2.74. The molecule has 2 rings (SSSR count). The third kappa shape index (κ3) is 2.72. The minimum atomic E-state index is -2.74. The second-order valence-corrected chi connectivity index (χ2v) is 5.44. The molecule has 1 heterocycles. The number of hydrogen-bond donors (Lipinski definition) is 1. The van der Waals surface area contributed by atoms with Crippen LogP contribution in [0.25, 0.3) is 0 Å². The summed E-state index contributed by atoms with van der Waals surface area (Å²) in [7, 11) is 0. The number of benzene rings is 1.